The van der Waals surface area contributed by atoms with Crippen LogP contribution in [0.25, 0.3) is 0 Å². The van der Waals surface area contributed by atoms with Gasteiger partial charge in [-0.25, -0.2) is 0 Å². The van der Waals surface area contributed by atoms with Gasteiger partial charge in [0.15, 0.2) is 0 Å². The first kappa shape index (κ1) is 10.6. The maximum atomic E-state index is 11.6. The molecule has 2 unspecified atom stereocenters. The molecule has 0 saturated heterocycles. The van der Waals surface area contributed by atoms with Crippen molar-refractivity contribution in [2.75, 3.05) is 0 Å². The van der Waals surface area contributed by atoms with Crippen LogP contribution in [0.4, 0.5) is 0 Å². The summed E-state index contributed by atoms with van der Waals surface area (Å²) in [5.41, 5.74) is 0.340. The fourth-order valence-corrected chi connectivity index (χ4v) is 1.32. The molecule has 0 aliphatic heterocycles. The van der Waals surface area contributed by atoms with Crippen molar-refractivity contribution in [1.82, 2.24) is 5.32 Å². The van der Waals surface area contributed by atoms with E-state index in [9.17, 15) is 4.79 Å². The number of hydrogen-bond acceptors (Lipinski definition) is 1. The first-order valence-electron chi connectivity index (χ1n) is 5.15. The van der Waals surface area contributed by atoms with Gasteiger partial charge < -0.3 is 5.32 Å². The highest BCUT2D eigenvalue weighted by molar-refractivity contribution is 5.79. The minimum Gasteiger partial charge on any atom is -0.353 e. The summed E-state index contributed by atoms with van der Waals surface area (Å²) in [6, 6.07) is 0.418. The number of hydrogen-bond donors (Lipinski definition) is 1. The molecule has 1 aliphatic carbocycles. The molecule has 2 heteroatoms. The van der Waals surface area contributed by atoms with E-state index in [2.05, 4.69) is 33.0 Å². The zero-order valence-electron chi connectivity index (χ0n) is 9.35. The fourth-order valence-electron chi connectivity index (χ4n) is 1.32. The topological polar surface area (TPSA) is 29.1 Å². The molecule has 1 fully saturated rings. The normalized spacial score (nSPS) is 27.1. The van der Waals surface area contributed by atoms with E-state index in [4.69, 9.17) is 0 Å². The second-order valence-electron chi connectivity index (χ2n) is 5.29. The van der Waals surface area contributed by atoms with E-state index in [1.807, 2.05) is 6.92 Å². The van der Waals surface area contributed by atoms with E-state index in [1.54, 1.807) is 0 Å². The molecule has 0 heterocycles. The van der Waals surface area contributed by atoms with Crippen LogP contribution in [0.15, 0.2) is 0 Å². The number of carbonyl (C=O) groups is 1. The fraction of sp³-hybridized carbons (Fsp3) is 0.909. The Hall–Kier alpha value is -0.530. The highest BCUT2D eigenvalue weighted by Crippen LogP contribution is 2.44. The molecular formula is C11H21NO. The number of carbonyl (C=O) groups excluding carboxylic acids is 1. The van der Waals surface area contributed by atoms with Gasteiger partial charge in [0.1, 0.15) is 0 Å². The molecule has 1 aliphatic rings. The summed E-state index contributed by atoms with van der Waals surface area (Å²) in [5.74, 6) is 0.781. The lowest BCUT2D eigenvalue weighted by Crippen LogP contribution is -2.35. The zero-order valence-corrected chi connectivity index (χ0v) is 9.35. The Morgan fingerprint density at radius 1 is 1.38 bits per heavy atom. The summed E-state index contributed by atoms with van der Waals surface area (Å²) in [6.07, 6.45) is 1.13. The Balaban J connectivity index is 2.35. The van der Waals surface area contributed by atoms with E-state index in [0.717, 1.165) is 6.42 Å². The lowest BCUT2D eigenvalue weighted by Gasteiger charge is -2.16. The van der Waals surface area contributed by atoms with E-state index in [0.29, 0.717) is 17.4 Å². The van der Waals surface area contributed by atoms with E-state index in [-0.39, 0.29) is 11.8 Å². The molecule has 76 valence electrons. The van der Waals surface area contributed by atoms with Crippen molar-refractivity contribution in [1.29, 1.82) is 0 Å². The second-order valence-corrected chi connectivity index (χ2v) is 5.29. The van der Waals surface area contributed by atoms with Gasteiger partial charge in [-0.1, -0.05) is 34.6 Å². The van der Waals surface area contributed by atoms with Crippen LogP contribution in [0.2, 0.25) is 0 Å². The standard InChI is InChI=1S/C11H21NO/c1-7(2)8(3)10(13)12-9-6-11(9,4)5/h7-9H,6H2,1-5H3,(H,12,13). The summed E-state index contributed by atoms with van der Waals surface area (Å²) in [7, 11) is 0. The molecule has 0 spiro atoms. The molecule has 0 bridgehead atoms. The summed E-state index contributed by atoms with van der Waals surface area (Å²) >= 11 is 0. The maximum absolute atomic E-state index is 11.6. The second kappa shape index (κ2) is 3.32. The van der Waals surface area contributed by atoms with Gasteiger partial charge in [-0.2, -0.15) is 0 Å². The first-order valence-corrected chi connectivity index (χ1v) is 5.15. The molecule has 2 nitrogen and oxygen atoms in total. The lowest BCUT2D eigenvalue weighted by atomic mass is 9.97. The number of amides is 1. The van der Waals surface area contributed by atoms with Crippen LogP contribution in [0, 0.1) is 17.3 Å². The highest BCUT2D eigenvalue weighted by atomic mass is 16.2. The predicted molar refractivity (Wildman–Crippen MR) is 54.3 cm³/mol. The summed E-state index contributed by atoms with van der Waals surface area (Å²) in [6.45, 7) is 10.6. The van der Waals surface area contributed by atoms with Gasteiger partial charge in [0.2, 0.25) is 5.91 Å². The molecule has 1 saturated carbocycles. The Morgan fingerprint density at radius 3 is 2.15 bits per heavy atom. The van der Waals surface area contributed by atoms with Gasteiger partial charge >= 0.3 is 0 Å². The smallest absolute Gasteiger partial charge is 0.223 e. The van der Waals surface area contributed by atoms with Crippen LogP contribution in [0.3, 0.4) is 0 Å². The van der Waals surface area contributed by atoms with Gasteiger partial charge in [-0.3, -0.25) is 4.79 Å². The first-order chi connectivity index (χ1) is 5.84. The number of nitrogens with one attached hydrogen (secondary N) is 1. The van der Waals surface area contributed by atoms with Crippen molar-refractivity contribution < 1.29 is 4.79 Å². The summed E-state index contributed by atoms with van der Waals surface area (Å²) in [5, 5.41) is 3.09. The molecule has 0 aromatic carbocycles. The van der Waals surface area contributed by atoms with Crippen LogP contribution >= 0.6 is 0 Å². The Kier molecular flexibility index (Phi) is 2.69. The van der Waals surface area contributed by atoms with Crippen LogP contribution in [-0.2, 0) is 4.79 Å². The Labute approximate surface area is 81.1 Å². The van der Waals surface area contributed by atoms with Crippen molar-refractivity contribution in [3.05, 3.63) is 0 Å². The average molecular weight is 183 g/mol. The van der Waals surface area contributed by atoms with Crippen molar-refractivity contribution in [3.8, 4) is 0 Å². The van der Waals surface area contributed by atoms with Gasteiger partial charge in [-0.15, -0.1) is 0 Å². The molecule has 1 N–H and O–H groups in total. The molecular weight excluding hydrogens is 162 g/mol. The van der Waals surface area contributed by atoms with Crippen LogP contribution < -0.4 is 5.32 Å². The van der Waals surface area contributed by atoms with Crippen LogP contribution in [-0.4, -0.2) is 11.9 Å². The monoisotopic (exact) mass is 183 g/mol. The number of rotatable bonds is 3. The van der Waals surface area contributed by atoms with E-state index >= 15 is 0 Å². The third-order valence-corrected chi connectivity index (χ3v) is 3.24. The third-order valence-electron chi connectivity index (χ3n) is 3.24. The van der Waals surface area contributed by atoms with Gasteiger partial charge in [0, 0.05) is 12.0 Å². The van der Waals surface area contributed by atoms with Crippen molar-refractivity contribution in [2.45, 2.75) is 47.1 Å². The maximum Gasteiger partial charge on any atom is 0.223 e. The quantitative estimate of drug-likeness (QED) is 0.714. The largest absolute Gasteiger partial charge is 0.353 e. The highest BCUT2D eigenvalue weighted by Gasteiger charge is 2.46. The SMILES string of the molecule is CC(C)C(C)C(=O)NC1CC1(C)C. The summed E-state index contributed by atoms with van der Waals surface area (Å²) in [4.78, 5) is 11.6. The summed E-state index contributed by atoms with van der Waals surface area (Å²) < 4.78 is 0. The van der Waals surface area contributed by atoms with E-state index in [1.165, 1.54) is 0 Å². The van der Waals surface area contributed by atoms with Gasteiger partial charge in [0.25, 0.3) is 0 Å². The minimum atomic E-state index is 0.136. The average Bonchev–Trinajstić information content (AvgIpc) is 2.56. The minimum absolute atomic E-state index is 0.136. The predicted octanol–water partition coefficient (Wildman–Crippen LogP) is 2.19. The molecule has 0 radical (unpaired) electrons. The van der Waals surface area contributed by atoms with Crippen molar-refractivity contribution >= 4 is 5.91 Å². The Bertz CT molecular complexity index is 208. The third kappa shape index (κ3) is 2.45. The lowest BCUT2D eigenvalue weighted by molar-refractivity contribution is -0.126. The molecule has 1 rings (SSSR count). The molecule has 0 aromatic rings. The van der Waals surface area contributed by atoms with Crippen molar-refractivity contribution in [2.24, 2.45) is 17.3 Å². The molecule has 0 aromatic heterocycles. The van der Waals surface area contributed by atoms with Crippen LogP contribution in [0.1, 0.15) is 41.0 Å². The van der Waals surface area contributed by atoms with Crippen LogP contribution in [0.5, 0.6) is 0 Å². The van der Waals surface area contributed by atoms with E-state index < -0.39 is 0 Å². The zero-order chi connectivity index (χ0) is 10.2. The molecule has 2 atom stereocenters. The molecule has 1 amide bonds. The van der Waals surface area contributed by atoms with Crippen molar-refractivity contribution in [3.63, 3.8) is 0 Å². The van der Waals surface area contributed by atoms with Gasteiger partial charge in [0.05, 0.1) is 0 Å². The van der Waals surface area contributed by atoms with Gasteiger partial charge in [-0.05, 0) is 17.8 Å². The Morgan fingerprint density at radius 2 is 1.85 bits per heavy atom. The molecule has 13 heavy (non-hydrogen) atoms.